The molecule has 120 valence electrons. The van der Waals surface area contributed by atoms with Crippen LogP contribution >= 0.6 is 0 Å². The van der Waals surface area contributed by atoms with Crippen molar-refractivity contribution in [3.05, 3.63) is 53.1 Å². The van der Waals surface area contributed by atoms with Gasteiger partial charge in [0.25, 0.3) is 0 Å². The molecule has 0 radical (unpaired) electrons. The first-order valence-corrected chi connectivity index (χ1v) is 7.66. The Hall–Kier alpha value is -2.49. The molecule has 2 aromatic rings. The number of hydrogen-bond donors (Lipinski definition) is 0. The number of ether oxygens (including phenoxy) is 2. The number of fused-ring (bicyclic) bond motifs is 1. The quantitative estimate of drug-likeness (QED) is 0.868. The molecule has 0 fully saturated rings. The van der Waals surface area contributed by atoms with Gasteiger partial charge in [-0.05, 0) is 43.2 Å². The summed E-state index contributed by atoms with van der Waals surface area (Å²) in [5.74, 6) is 1.65. The highest BCUT2D eigenvalue weighted by Crippen LogP contribution is 2.44. The zero-order valence-electron chi connectivity index (χ0n) is 13.9. The first kappa shape index (κ1) is 15.4. The van der Waals surface area contributed by atoms with Crippen molar-refractivity contribution >= 4 is 11.6 Å². The third kappa shape index (κ3) is 2.65. The number of methoxy groups -OCH3 is 2. The Balaban J connectivity index is 2.10. The van der Waals surface area contributed by atoms with Crippen molar-refractivity contribution in [3.63, 3.8) is 0 Å². The van der Waals surface area contributed by atoms with Gasteiger partial charge in [0.05, 0.1) is 20.3 Å². The molecule has 0 saturated carbocycles. The number of aryl methyl sites for hydroxylation is 1. The highest BCUT2D eigenvalue weighted by Gasteiger charge is 2.35. The largest absolute Gasteiger partial charge is 0.497 e. The standard InChI is InChI=1S/C19H21NO3/c1-12-5-8-19(23-4)16(9-12)18-11-14-10-15(22-3)6-7-17(14)20(18)13(2)21/h5-10,18H,11H2,1-4H3. The predicted octanol–water partition coefficient (Wildman–Crippen LogP) is 3.66. The SMILES string of the molecule is COc1ccc2c(c1)CC(c1cc(C)ccc1OC)N2C(C)=O. The monoisotopic (exact) mass is 311 g/mol. The molecule has 4 nitrogen and oxygen atoms in total. The van der Waals surface area contributed by atoms with Crippen LogP contribution < -0.4 is 14.4 Å². The number of amides is 1. The van der Waals surface area contributed by atoms with Crippen LogP contribution in [0.5, 0.6) is 11.5 Å². The van der Waals surface area contributed by atoms with Crippen LogP contribution in [-0.2, 0) is 11.2 Å². The Kier molecular flexibility index (Phi) is 3.99. The minimum absolute atomic E-state index is 0.0301. The second kappa shape index (κ2) is 5.95. The third-order valence-electron chi connectivity index (χ3n) is 4.35. The number of carbonyl (C=O) groups is 1. The normalized spacial score (nSPS) is 16.2. The van der Waals surface area contributed by atoms with E-state index < -0.39 is 0 Å². The molecular weight excluding hydrogens is 290 g/mol. The smallest absolute Gasteiger partial charge is 0.224 e. The van der Waals surface area contributed by atoms with E-state index in [2.05, 4.69) is 6.07 Å². The molecule has 1 aliphatic rings. The summed E-state index contributed by atoms with van der Waals surface area (Å²) in [5.41, 5.74) is 4.26. The second-order valence-corrected chi connectivity index (χ2v) is 5.85. The molecule has 1 atom stereocenters. The maximum absolute atomic E-state index is 12.3. The molecule has 0 bridgehead atoms. The molecule has 1 unspecified atom stereocenters. The Morgan fingerprint density at radius 2 is 1.91 bits per heavy atom. The van der Waals surface area contributed by atoms with Gasteiger partial charge in [0.1, 0.15) is 11.5 Å². The van der Waals surface area contributed by atoms with Crippen LogP contribution in [0.4, 0.5) is 5.69 Å². The van der Waals surface area contributed by atoms with Gasteiger partial charge < -0.3 is 14.4 Å². The van der Waals surface area contributed by atoms with E-state index >= 15 is 0 Å². The Morgan fingerprint density at radius 3 is 2.57 bits per heavy atom. The highest BCUT2D eigenvalue weighted by molar-refractivity contribution is 5.95. The molecule has 2 aromatic carbocycles. The first-order chi connectivity index (χ1) is 11.0. The number of nitrogens with zero attached hydrogens (tertiary/aromatic N) is 1. The molecule has 23 heavy (non-hydrogen) atoms. The maximum atomic E-state index is 12.3. The number of benzene rings is 2. The first-order valence-electron chi connectivity index (χ1n) is 7.66. The zero-order valence-corrected chi connectivity index (χ0v) is 13.9. The van der Waals surface area contributed by atoms with E-state index in [1.54, 1.807) is 21.1 Å². The molecule has 1 heterocycles. The minimum Gasteiger partial charge on any atom is -0.497 e. The Morgan fingerprint density at radius 1 is 1.13 bits per heavy atom. The van der Waals surface area contributed by atoms with Gasteiger partial charge in [-0.2, -0.15) is 0 Å². The van der Waals surface area contributed by atoms with Crippen molar-refractivity contribution in [2.45, 2.75) is 26.3 Å². The fraction of sp³-hybridized carbons (Fsp3) is 0.316. The number of rotatable bonds is 3. The summed E-state index contributed by atoms with van der Waals surface area (Å²) in [4.78, 5) is 14.1. The summed E-state index contributed by atoms with van der Waals surface area (Å²) in [7, 11) is 3.32. The van der Waals surface area contributed by atoms with E-state index in [-0.39, 0.29) is 11.9 Å². The second-order valence-electron chi connectivity index (χ2n) is 5.85. The van der Waals surface area contributed by atoms with Crippen molar-refractivity contribution in [2.75, 3.05) is 19.1 Å². The molecule has 4 heteroatoms. The van der Waals surface area contributed by atoms with E-state index in [0.717, 1.165) is 40.3 Å². The Bertz CT molecular complexity index is 754. The van der Waals surface area contributed by atoms with E-state index in [9.17, 15) is 4.79 Å². The summed E-state index contributed by atoms with van der Waals surface area (Å²) >= 11 is 0. The highest BCUT2D eigenvalue weighted by atomic mass is 16.5. The van der Waals surface area contributed by atoms with Crippen molar-refractivity contribution < 1.29 is 14.3 Å². The van der Waals surface area contributed by atoms with Crippen molar-refractivity contribution in [2.24, 2.45) is 0 Å². The van der Waals surface area contributed by atoms with E-state index in [0.29, 0.717) is 0 Å². The van der Waals surface area contributed by atoms with Gasteiger partial charge in [0.15, 0.2) is 0 Å². The fourth-order valence-electron chi connectivity index (χ4n) is 3.31. The van der Waals surface area contributed by atoms with Crippen LogP contribution in [0, 0.1) is 6.92 Å². The minimum atomic E-state index is -0.0514. The predicted molar refractivity (Wildman–Crippen MR) is 90.3 cm³/mol. The van der Waals surface area contributed by atoms with Gasteiger partial charge in [0.2, 0.25) is 5.91 Å². The average Bonchev–Trinajstić information content (AvgIpc) is 2.93. The van der Waals surface area contributed by atoms with Gasteiger partial charge in [-0.15, -0.1) is 0 Å². The molecule has 0 aliphatic carbocycles. The molecule has 0 N–H and O–H groups in total. The van der Waals surface area contributed by atoms with Crippen LogP contribution in [0.1, 0.15) is 29.7 Å². The van der Waals surface area contributed by atoms with Gasteiger partial charge in [-0.25, -0.2) is 0 Å². The lowest BCUT2D eigenvalue weighted by atomic mass is 9.99. The van der Waals surface area contributed by atoms with Crippen LogP contribution in [0.15, 0.2) is 36.4 Å². The van der Waals surface area contributed by atoms with Crippen molar-refractivity contribution in [1.82, 2.24) is 0 Å². The lowest BCUT2D eigenvalue weighted by Crippen LogP contribution is -2.30. The fourth-order valence-corrected chi connectivity index (χ4v) is 3.31. The number of carbonyl (C=O) groups excluding carboxylic acids is 1. The lowest BCUT2D eigenvalue weighted by molar-refractivity contribution is -0.116. The topological polar surface area (TPSA) is 38.8 Å². The summed E-state index contributed by atoms with van der Waals surface area (Å²) in [6, 6.07) is 11.9. The van der Waals surface area contributed by atoms with Crippen LogP contribution in [0.2, 0.25) is 0 Å². The molecule has 0 spiro atoms. The maximum Gasteiger partial charge on any atom is 0.224 e. The molecule has 0 aromatic heterocycles. The summed E-state index contributed by atoms with van der Waals surface area (Å²) < 4.78 is 10.8. The summed E-state index contributed by atoms with van der Waals surface area (Å²) in [5, 5.41) is 0. The Labute approximate surface area is 136 Å². The lowest BCUT2D eigenvalue weighted by Gasteiger charge is -2.26. The van der Waals surface area contributed by atoms with Crippen LogP contribution in [0.25, 0.3) is 0 Å². The molecule has 1 aliphatic heterocycles. The molecule has 0 saturated heterocycles. The van der Waals surface area contributed by atoms with Crippen LogP contribution in [-0.4, -0.2) is 20.1 Å². The third-order valence-corrected chi connectivity index (χ3v) is 4.35. The van der Waals surface area contributed by atoms with Crippen molar-refractivity contribution in [1.29, 1.82) is 0 Å². The van der Waals surface area contributed by atoms with Crippen molar-refractivity contribution in [3.8, 4) is 11.5 Å². The molecule has 3 rings (SSSR count). The molecule has 1 amide bonds. The number of anilines is 1. The van der Waals surface area contributed by atoms with E-state index in [1.807, 2.05) is 42.2 Å². The van der Waals surface area contributed by atoms with E-state index in [4.69, 9.17) is 9.47 Å². The average molecular weight is 311 g/mol. The zero-order chi connectivity index (χ0) is 16.6. The summed E-state index contributed by atoms with van der Waals surface area (Å²) in [6.07, 6.45) is 0.756. The summed E-state index contributed by atoms with van der Waals surface area (Å²) in [6.45, 7) is 3.65. The van der Waals surface area contributed by atoms with Gasteiger partial charge in [-0.1, -0.05) is 17.7 Å². The molecular formula is C19H21NO3. The van der Waals surface area contributed by atoms with Gasteiger partial charge >= 0.3 is 0 Å². The number of hydrogen-bond acceptors (Lipinski definition) is 3. The van der Waals surface area contributed by atoms with Gasteiger partial charge in [0, 0.05) is 18.2 Å². The van der Waals surface area contributed by atoms with Crippen LogP contribution in [0.3, 0.4) is 0 Å². The van der Waals surface area contributed by atoms with Gasteiger partial charge in [-0.3, -0.25) is 4.79 Å². The van der Waals surface area contributed by atoms with E-state index in [1.165, 1.54) is 0 Å².